The molecule has 0 aromatic heterocycles. The topological polar surface area (TPSA) is 83.5 Å². The number of aryl methyl sites for hydroxylation is 1. The van der Waals surface area contributed by atoms with E-state index in [0.29, 0.717) is 18.5 Å². The molecule has 2 rings (SSSR count). The van der Waals surface area contributed by atoms with Gasteiger partial charge in [0.15, 0.2) is 9.84 Å². The van der Waals surface area contributed by atoms with Crippen molar-refractivity contribution in [1.82, 2.24) is 4.72 Å². The molecule has 0 saturated heterocycles. The van der Waals surface area contributed by atoms with Crippen LogP contribution in [0.5, 0.6) is 0 Å². The Bertz CT molecular complexity index is 956. The van der Waals surface area contributed by atoms with Crippen molar-refractivity contribution >= 4 is 25.5 Å². The summed E-state index contributed by atoms with van der Waals surface area (Å²) in [6.07, 6.45) is 1.68. The Hall–Kier alpha value is -1.90. The van der Waals surface area contributed by atoms with E-state index in [1.807, 2.05) is 42.3 Å². The van der Waals surface area contributed by atoms with E-state index in [9.17, 15) is 16.8 Å². The number of anilines is 1. The lowest BCUT2D eigenvalue weighted by molar-refractivity contribution is 0.578. The molecule has 0 unspecified atom stereocenters. The Labute approximate surface area is 155 Å². The van der Waals surface area contributed by atoms with Gasteiger partial charge in [0.25, 0.3) is 0 Å². The first-order valence-corrected chi connectivity index (χ1v) is 11.6. The predicted octanol–water partition coefficient (Wildman–Crippen LogP) is 2.20. The summed E-state index contributed by atoms with van der Waals surface area (Å²) in [6, 6.07) is 14.0. The smallest absolute Gasteiger partial charge is 0.240 e. The number of benzene rings is 2. The van der Waals surface area contributed by atoms with E-state index >= 15 is 0 Å². The van der Waals surface area contributed by atoms with Gasteiger partial charge >= 0.3 is 0 Å². The van der Waals surface area contributed by atoms with Crippen molar-refractivity contribution in [2.75, 3.05) is 31.3 Å². The van der Waals surface area contributed by atoms with E-state index in [2.05, 4.69) is 4.72 Å². The summed E-state index contributed by atoms with van der Waals surface area (Å²) in [6.45, 7) is 2.60. The molecule has 0 aliphatic carbocycles. The Morgan fingerprint density at radius 1 is 1.00 bits per heavy atom. The fourth-order valence-electron chi connectivity index (χ4n) is 2.51. The van der Waals surface area contributed by atoms with Crippen LogP contribution in [0, 0.1) is 6.92 Å². The zero-order chi connectivity index (χ0) is 19.4. The highest BCUT2D eigenvalue weighted by atomic mass is 32.2. The zero-order valence-corrected chi connectivity index (χ0v) is 16.8. The number of sulfone groups is 1. The second kappa shape index (κ2) is 8.20. The van der Waals surface area contributed by atoms with Crippen molar-refractivity contribution in [1.29, 1.82) is 0 Å². The summed E-state index contributed by atoms with van der Waals surface area (Å²) >= 11 is 0. The molecule has 2 aromatic rings. The minimum atomic E-state index is -3.77. The molecule has 0 saturated carbocycles. The Kier molecular flexibility index (Phi) is 6.44. The molecule has 0 aliphatic heterocycles. The fourth-order valence-corrected chi connectivity index (χ4v) is 4.58. The molecule has 0 bridgehead atoms. The molecule has 2 aromatic carbocycles. The van der Waals surface area contributed by atoms with Crippen molar-refractivity contribution in [3.05, 3.63) is 54.1 Å². The first kappa shape index (κ1) is 20.4. The van der Waals surface area contributed by atoms with Gasteiger partial charge in [0.05, 0.1) is 9.79 Å². The van der Waals surface area contributed by atoms with Crippen LogP contribution >= 0.6 is 0 Å². The average molecular weight is 397 g/mol. The Morgan fingerprint density at radius 2 is 1.65 bits per heavy atom. The van der Waals surface area contributed by atoms with E-state index in [-0.39, 0.29) is 16.3 Å². The van der Waals surface area contributed by atoms with E-state index in [4.69, 9.17) is 0 Å². The number of rotatable bonds is 8. The number of para-hydroxylation sites is 1. The highest BCUT2D eigenvalue weighted by molar-refractivity contribution is 7.91. The standard InChI is InChI=1S/C18H24N2O4S2/c1-15-10-11-17(25(3,21)22)14-18(15)26(23,24)19-12-7-13-20(2)16-8-5-4-6-9-16/h4-6,8-11,14,19H,7,12-13H2,1-3H3. The third-order valence-electron chi connectivity index (χ3n) is 4.04. The van der Waals surface area contributed by atoms with Crippen LogP contribution in [0.1, 0.15) is 12.0 Å². The van der Waals surface area contributed by atoms with Crippen LogP contribution in [-0.4, -0.2) is 43.2 Å². The van der Waals surface area contributed by atoms with Gasteiger partial charge in [0, 0.05) is 32.1 Å². The molecule has 0 fully saturated rings. The monoisotopic (exact) mass is 396 g/mol. The summed E-state index contributed by atoms with van der Waals surface area (Å²) < 4.78 is 51.0. The van der Waals surface area contributed by atoms with Crippen LogP contribution < -0.4 is 9.62 Å². The van der Waals surface area contributed by atoms with Gasteiger partial charge in [0.1, 0.15) is 0 Å². The van der Waals surface area contributed by atoms with Gasteiger partial charge in [-0.15, -0.1) is 0 Å². The molecule has 26 heavy (non-hydrogen) atoms. The molecule has 0 heterocycles. The minimum Gasteiger partial charge on any atom is -0.375 e. The third kappa shape index (κ3) is 5.30. The number of hydrogen-bond acceptors (Lipinski definition) is 5. The highest BCUT2D eigenvalue weighted by Crippen LogP contribution is 2.20. The van der Waals surface area contributed by atoms with Gasteiger partial charge in [-0.05, 0) is 43.2 Å². The van der Waals surface area contributed by atoms with E-state index < -0.39 is 19.9 Å². The van der Waals surface area contributed by atoms with Crippen molar-refractivity contribution in [3.63, 3.8) is 0 Å². The second-order valence-corrected chi connectivity index (χ2v) is 9.96. The van der Waals surface area contributed by atoms with E-state index in [0.717, 1.165) is 11.9 Å². The molecule has 6 nitrogen and oxygen atoms in total. The molecular formula is C18H24N2O4S2. The Balaban J connectivity index is 2.01. The summed E-state index contributed by atoms with van der Waals surface area (Å²) in [5.74, 6) is 0. The van der Waals surface area contributed by atoms with Crippen molar-refractivity contribution < 1.29 is 16.8 Å². The van der Waals surface area contributed by atoms with Crippen LogP contribution in [0.25, 0.3) is 0 Å². The molecule has 8 heteroatoms. The largest absolute Gasteiger partial charge is 0.375 e. The number of sulfonamides is 1. The van der Waals surface area contributed by atoms with E-state index in [1.165, 1.54) is 18.2 Å². The third-order valence-corrected chi connectivity index (χ3v) is 6.75. The number of nitrogens with one attached hydrogen (secondary N) is 1. The SMILES string of the molecule is Cc1ccc(S(C)(=O)=O)cc1S(=O)(=O)NCCCN(C)c1ccccc1. The van der Waals surface area contributed by atoms with Gasteiger partial charge in [-0.2, -0.15) is 0 Å². The zero-order valence-electron chi connectivity index (χ0n) is 15.1. The lowest BCUT2D eigenvalue weighted by Gasteiger charge is -2.19. The predicted molar refractivity (Wildman–Crippen MR) is 104 cm³/mol. The minimum absolute atomic E-state index is 0.00293. The summed E-state index contributed by atoms with van der Waals surface area (Å²) in [5.41, 5.74) is 1.57. The van der Waals surface area contributed by atoms with Gasteiger partial charge in [-0.3, -0.25) is 0 Å². The lowest BCUT2D eigenvalue weighted by atomic mass is 10.2. The lowest BCUT2D eigenvalue weighted by Crippen LogP contribution is -2.28. The molecule has 0 radical (unpaired) electrons. The van der Waals surface area contributed by atoms with Crippen molar-refractivity contribution in [3.8, 4) is 0 Å². The maximum Gasteiger partial charge on any atom is 0.240 e. The number of hydrogen-bond donors (Lipinski definition) is 1. The summed E-state index contributed by atoms with van der Waals surface area (Å²) in [7, 11) is -5.29. The Morgan fingerprint density at radius 3 is 2.27 bits per heavy atom. The molecule has 0 aliphatic rings. The molecule has 0 amide bonds. The van der Waals surface area contributed by atoms with Crippen LogP contribution in [0.3, 0.4) is 0 Å². The van der Waals surface area contributed by atoms with Gasteiger partial charge in [0.2, 0.25) is 10.0 Å². The van der Waals surface area contributed by atoms with Crippen LogP contribution in [-0.2, 0) is 19.9 Å². The first-order chi connectivity index (χ1) is 12.1. The van der Waals surface area contributed by atoms with Gasteiger partial charge in [-0.25, -0.2) is 21.6 Å². The van der Waals surface area contributed by atoms with Crippen molar-refractivity contribution in [2.45, 2.75) is 23.1 Å². The first-order valence-electron chi connectivity index (χ1n) is 8.18. The maximum absolute atomic E-state index is 12.5. The van der Waals surface area contributed by atoms with Gasteiger partial charge < -0.3 is 4.90 Å². The maximum atomic E-state index is 12.5. The summed E-state index contributed by atoms with van der Waals surface area (Å²) in [4.78, 5) is 2.04. The summed E-state index contributed by atoms with van der Waals surface area (Å²) in [5, 5.41) is 0. The second-order valence-electron chi connectivity index (χ2n) is 6.21. The average Bonchev–Trinajstić information content (AvgIpc) is 2.58. The fraction of sp³-hybridized carbons (Fsp3) is 0.333. The molecule has 0 atom stereocenters. The highest BCUT2D eigenvalue weighted by Gasteiger charge is 2.19. The molecule has 142 valence electrons. The normalized spacial score (nSPS) is 12.1. The van der Waals surface area contributed by atoms with E-state index in [1.54, 1.807) is 6.92 Å². The number of nitrogens with zero attached hydrogens (tertiary/aromatic N) is 1. The van der Waals surface area contributed by atoms with Crippen LogP contribution in [0.15, 0.2) is 58.3 Å². The quantitative estimate of drug-likeness (QED) is 0.692. The van der Waals surface area contributed by atoms with Crippen LogP contribution in [0.2, 0.25) is 0 Å². The van der Waals surface area contributed by atoms with Crippen LogP contribution in [0.4, 0.5) is 5.69 Å². The molecular weight excluding hydrogens is 372 g/mol. The molecule has 0 spiro atoms. The molecule has 1 N–H and O–H groups in total. The van der Waals surface area contributed by atoms with Gasteiger partial charge in [-0.1, -0.05) is 24.3 Å². The van der Waals surface area contributed by atoms with Crippen molar-refractivity contribution in [2.24, 2.45) is 0 Å².